The number of rotatable bonds is 2. The number of ether oxygens (including phenoxy) is 1. The van der Waals surface area contributed by atoms with Gasteiger partial charge in [-0.25, -0.2) is 0 Å². The van der Waals surface area contributed by atoms with Crippen LogP contribution in [0.3, 0.4) is 0 Å². The first kappa shape index (κ1) is 8.02. The Kier molecular flexibility index (Phi) is 3.16. The predicted octanol–water partition coefficient (Wildman–Crippen LogP) is 1.02. The van der Waals surface area contributed by atoms with E-state index >= 15 is 0 Å². The standard InChI is InChI=1S/C8H17NO/c1-7(10-2)8-4-3-5-9-6-8/h7-9H,3-6H2,1-2H3/t7-,8+/m1/s1. The average Bonchev–Trinajstić information content (AvgIpc) is 2.05. The molecule has 0 aromatic carbocycles. The van der Waals surface area contributed by atoms with Crippen molar-refractivity contribution < 1.29 is 4.74 Å². The molecule has 2 nitrogen and oxygen atoms in total. The van der Waals surface area contributed by atoms with Crippen LogP contribution in [-0.4, -0.2) is 26.3 Å². The summed E-state index contributed by atoms with van der Waals surface area (Å²) in [5, 5.41) is 3.37. The molecule has 1 saturated heterocycles. The highest BCUT2D eigenvalue weighted by atomic mass is 16.5. The maximum atomic E-state index is 5.25. The van der Waals surface area contributed by atoms with Gasteiger partial charge in [0.2, 0.25) is 0 Å². The number of hydrogen-bond acceptors (Lipinski definition) is 2. The maximum Gasteiger partial charge on any atom is 0.0583 e. The van der Waals surface area contributed by atoms with Crippen LogP contribution in [0.5, 0.6) is 0 Å². The molecule has 0 saturated carbocycles. The zero-order chi connectivity index (χ0) is 7.40. The van der Waals surface area contributed by atoms with E-state index in [1.54, 1.807) is 7.11 Å². The lowest BCUT2D eigenvalue weighted by atomic mass is 9.95. The van der Waals surface area contributed by atoms with Crippen molar-refractivity contribution in [3.05, 3.63) is 0 Å². The van der Waals surface area contributed by atoms with Gasteiger partial charge in [-0.15, -0.1) is 0 Å². The van der Waals surface area contributed by atoms with Crippen molar-refractivity contribution in [3.63, 3.8) is 0 Å². The summed E-state index contributed by atoms with van der Waals surface area (Å²) in [4.78, 5) is 0. The van der Waals surface area contributed by atoms with Crippen LogP contribution >= 0.6 is 0 Å². The molecule has 0 bridgehead atoms. The van der Waals surface area contributed by atoms with E-state index in [0.717, 1.165) is 12.5 Å². The molecule has 1 aliphatic rings. The van der Waals surface area contributed by atoms with Crippen molar-refractivity contribution in [2.75, 3.05) is 20.2 Å². The third kappa shape index (κ3) is 1.96. The van der Waals surface area contributed by atoms with Gasteiger partial charge in [0.15, 0.2) is 0 Å². The van der Waals surface area contributed by atoms with Crippen molar-refractivity contribution in [3.8, 4) is 0 Å². The Morgan fingerprint density at radius 3 is 2.90 bits per heavy atom. The summed E-state index contributed by atoms with van der Waals surface area (Å²) in [6, 6.07) is 0. The smallest absolute Gasteiger partial charge is 0.0583 e. The second kappa shape index (κ2) is 3.94. The van der Waals surface area contributed by atoms with Crippen LogP contribution < -0.4 is 5.32 Å². The summed E-state index contributed by atoms with van der Waals surface area (Å²) in [5.41, 5.74) is 0. The largest absolute Gasteiger partial charge is 0.381 e. The van der Waals surface area contributed by atoms with Crippen molar-refractivity contribution >= 4 is 0 Å². The van der Waals surface area contributed by atoms with E-state index < -0.39 is 0 Å². The maximum absolute atomic E-state index is 5.25. The van der Waals surface area contributed by atoms with Gasteiger partial charge in [0.1, 0.15) is 0 Å². The minimum atomic E-state index is 0.424. The number of methoxy groups -OCH3 is 1. The molecule has 10 heavy (non-hydrogen) atoms. The fourth-order valence-electron chi connectivity index (χ4n) is 1.47. The van der Waals surface area contributed by atoms with Crippen LogP contribution in [0.15, 0.2) is 0 Å². The van der Waals surface area contributed by atoms with Crippen molar-refractivity contribution in [2.24, 2.45) is 5.92 Å². The lowest BCUT2D eigenvalue weighted by molar-refractivity contribution is 0.0562. The Morgan fingerprint density at radius 2 is 2.40 bits per heavy atom. The molecule has 0 spiro atoms. The fourth-order valence-corrected chi connectivity index (χ4v) is 1.47. The quantitative estimate of drug-likeness (QED) is 0.623. The molecule has 2 heteroatoms. The Morgan fingerprint density at radius 1 is 1.60 bits per heavy atom. The zero-order valence-corrected chi connectivity index (χ0v) is 6.89. The molecular formula is C8H17NO. The van der Waals surface area contributed by atoms with E-state index in [9.17, 15) is 0 Å². The number of hydrogen-bond donors (Lipinski definition) is 1. The molecule has 1 heterocycles. The Balaban J connectivity index is 2.24. The van der Waals surface area contributed by atoms with Crippen molar-refractivity contribution in [1.29, 1.82) is 0 Å². The summed E-state index contributed by atoms with van der Waals surface area (Å²) in [7, 11) is 1.79. The minimum Gasteiger partial charge on any atom is -0.381 e. The molecule has 1 fully saturated rings. The van der Waals surface area contributed by atoms with E-state index in [-0.39, 0.29) is 0 Å². The van der Waals surface area contributed by atoms with Gasteiger partial charge in [0.25, 0.3) is 0 Å². The van der Waals surface area contributed by atoms with Gasteiger partial charge in [0, 0.05) is 13.7 Å². The second-order valence-corrected chi connectivity index (χ2v) is 3.05. The van der Waals surface area contributed by atoms with E-state index in [4.69, 9.17) is 4.74 Å². The molecule has 60 valence electrons. The average molecular weight is 143 g/mol. The second-order valence-electron chi connectivity index (χ2n) is 3.05. The molecule has 0 radical (unpaired) electrons. The van der Waals surface area contributed by atoms with E-state index in [1.807, 2.05) is 0 Å². The van der Waals surface area contributed by atoms with Crippen LogP contribution in [0.2, 0.25) is 0 Å². The first-order chi connectivity index (χ1) is 4.84. The molecule has 2 atom stereocenters. The number of piperidine rings is 1. The summed E-state index contributed by atoms with van der Waals surface area (Å²) >= 11 is 0. The first-order valence-corrected chi connectivity index (χ1v) is 4.08. The van der Waals surface area contributed by atoms with Crippen molar-refractivity contribution in [2.45, 2.75) is 25.9 Å². The van der Waals surface area contributed by atoms with Gasteiger partial charge in [0.05, 0.1) is 6.10 Å². The normalized spacial score (nSPS) is 30.0. The molecule has 0 amide bonds. The summed E-state index contributed by atoms with van der Waals surface area (Å²) in [5.74, 6) is 0.735. The Hall–Kier alpha value is -0.0800. The van der Waals surface area contributed by atoms with Crippen LogP contribution in [0.4, 0.5) is 0 Å². The highest BCUT2D eigenvalue weighted by molar-refractivity contribution is 4.73. The summed E-state index contributed by atoms with van der Waals surface area (Å²) in [6.45, 7) is 4.47. The van der Waals surface area contributed by atoms with E-state index in [0.29, 0.717) is 6.10 Å². The topological polar surface area (TPSA) is 21.3 Å². The van der Waals surface area contributed by atoms with Gasteiger partial charge in [-0.2, -0.15) is 0 Å². The molecule has 1 rings (SSSR count). The Labute approximate surface area is 63.0 Å². The van der Waals surface area contributed by atoms with Gasteiger partial charge in [-0.1, -0.05) is 0 Å². The van der Waals surface area contributed by atoms with E-state index in [1.165, 1.54) is 19.4 Å². The Bertz CT molecular complexity index is 89.3. The van der Waals surface area contributed by atoms with Crippen molar-refractivity contribution in [1.82, 2.24) is 5.32 Å². The zero-order valence-electron chi connectivity index (χ0n) is 6.89. The monoisotopic (exact) mass is 143 g/mol. The molecule has 1 aliphatic heterocycles. The first-order valence-electron chi connectivity index (χ1n) is 4.08. The minimum absolute atomic E-state index is 0.424. The fraction of sp³-hybridized carbons (Fsp3) is 1.00. The third-order valence-corrected chi connectivity index (χ3v) is 2.37. The van der Waals surface area contributed by atoms with Crippen LogP contribution in [0.25, 0.3) is 0 Å². The molecular weight excluding hydrogens is 126 g/mol. The molecule has 0 aliphatic carbocycles. The third-order valence-electron chi connectivity index (χ3n) is 2.37. The molecule has 1 N–H and O–H groups in total. The lowest BCUT2D eigenvalue weighted by Crippen LogP contribution is -2.36. The molecule has 0 unspecified atom stereocenters. The SMILES string of the molecule is CO[C@H](C)[C@H]1CCCNC1. The van der Waals surface area contributed by atoms with Gasteiger partial charge < -0.3 is 10.1 Å². The number of nitrogens with one attached hydrogen (secondary N) is 1. The van der Waals surface area contributed by atoms with Crippen LogP contribution in [0, 0.1) is 5.92 Å². The van der Waals surface area contributed by atoms with Gasteiger partial charge >= 0.3 is 0 Å². The lowest BCUT2D eigenvalue weighted by Gasteiger charge is -2.27. The molecule has 0 aromatic rings. The van der Waals surface area contributed by atoms with Crippen LogP contribution in [0.1, 0.15) is 19.8 Å². The predicted molar refractivity (Wildman–Crippen MR) is 42.1 cm³/mol. The highest BCUT2D eigenvalue weighted by Crippen LogP contribution is 2.15. The van der Waals surface area contributed by atoms with Gasteiger partial charge in [-0.05, 0) is 32.2 Å². The van der Waals surface area contributed by atoms with Gasteiger partial charge in [-0.3, -0.25) is 0 Å². The van der Waals surface area contributed by atoms with Crippen LogP contribution in [-0.2, 0) is 4.74 Å². The summed E-state index contributed by atoms with van der Waals surface area (Å²) in [6.07, 6.45) is 3.05. The molecule has 0 aromatic heterocycles. The highest BCUT2D eigenvalue weighted by Gasteiger charge is 2.18. The summed E-state index contributed by atoms with van der Waals surface area (Å²) < 4.78 is 5.25. The van der Waals surface area contributed by atoms with E-state index in [2.05, 4.69) is 12.2 Å².